The molecule has 104 valence electrons. The molecule has 0 aromatic carbocycles. The molecule has 0 fully saturated rings. The molecule has 0 spiro atoms. The predicted molar refractivity (Wildman–Crippen MR) is 83.4 cm³/mol. The van der Waals surface area contributed by atoms with Gasteiger partial charge in [-0.15, -0.1) is 11.3 Å². The van der Waals surface area contributed by atoms with Crippen molar-refractivity contribution in [3.05, 3.63) is 20.8 Å². The maximum atomic E-state index is 6.14. The Labute approximate surface area is 123 Å². The largest absolute Gasteiger partial charge is 0.373 e. The summed E-state index contributed by atoms with van der Waals surface area (Å²) in [4.78, 5) is 1.34. The zero-order valence-corrected chi connectivity index (χ0v) is 14.2. The van der Waals surface area contributed by atoms with Gasteiger partial charge in [-0.25, -0.2) is 0 Å². The fourth-order valence-electron chi connectivity index (χ4n) is 2.47. The van der Waals surface area contributed by atoms with E-state index in [1.807, 2.05) is 0 Å². The first kappa shape index (κ1) is 16.2. The fourth-order valence-corrected chi connectivity index (χ4v) is 4.25. The molecule has 0 aliphatic rings. The standard InChI is InChI=1S/C14H24BrNOS/c1-5-14(6-2,17-8-4)13(16-7-3)12-11(15)9-10-18-12/h9-10,13,16H,5-8H2,1-4H3. The maximum Gasteiger partial charge on any atom is 0.0879 e. The first-order chi connectivity index (χ1) is 8.65. The maximum absolute atomic E-state index is 6.14. The van der Waals surface area contributed by atoms with Gasteiger partial charge in [0.2, 0.25) is 0 Å². The molecule has 0 saturated heterocycles. The number of likely N-dealkylation sites (N-methyl/N-ethyl adjacent to an activating group) is 1. The van der Waals surface area contributed by atoms with Crippen LogP contribution in [-0.2, 0) is 4.74 Å². The van der Waals surface area contributed by atoms with Gasteiger partial charge in [-0.05, 0) is 53.7 Å². The van der Waals surface area contributed by atoms with E-state index >= 15 is 0 Å². The van der Waals surface area contributed by atoms with Crippen LogP contribution in [-0.4, -0.2) is 18.8 Å². The van der Waals surface area contributed by atoms with E-state index in [4.69, 9.17) is 4.74 Å². The second-order valence-electron chi connectivity index (χ2n) is 4.33. The zero-order valence-electron chi connectivity index (χ0n) is 11.8. The molecule has 1 rings (SSSR count). The van der Waals surface area contributed by atoms with Crippen molar-refractivity contribution in [3.8, 4) is 0 Å². The van der Waals surface area contributed by atoms with Gasteiger partial charge in [-0.1, -0.05) is 20.8 Å². The van der Waals surface area contributed by atoms with Crippen molar-refractivity contribution in [2.45, 2.75) is 52.2 Å². The Morgan fingerprint density at radius 3 is 2.39 bits per heavy atom. The molecule has 1 N–H and O–H groups in total. The molecule has 0 amide bonds. The number of hydrogen-bond donors (Lipinski definition) is 1. The number of nitrogens with one attached hydrogen (secondary N) is 1. The van der Waals surface area contributed by atoms with Gasteiger partial charge in [0.25, 0.3) is 0 Å². The summed E-state index contributed by atoms with van der Waals surface area (Å²) in [7, 11) is 0. The Balaban J connectivity index is 3.12. The first-order valence-electron chi connectivity index (χ1n) is 6.75. The van der Waals surface area contributed by atoms with Gasteiger partial charge in [-0.3, -0.25) is 0 Å². The van der Waals surface area contributed by atoms with E-state index in [0.717, 1.165) is 26.0 Å². The zero-order chi connectivity index (χ0) is 13.6. The number of halogens is 1. The van der Waals surface area contributed by atoms with E-state index in [2.05, 4.69) is 60.4 Å². The van der Waals surface area contributed by atoms with Gasteiger partial charge < -0.3 is 10.1 Å². The highest BCUT2D eigenvalue weighted by atomic mass is 79.9. The lowest BCUT2D eigenvalue weighted by Crippen LogP contribution is -2.45. The van der Waals surface area contributed by atoms with Crippen LogP contribution in [0.1, 0.15) is 51.5 Å². The molecule has 0 aliphatic heterocycles. The Kier molecular flexibility index (Phi) is 6.85. The van der Waals surface area contributed by atoms with Crippen molar-refractivity contribution in [3.63, 3.8) is 0 Å². The van der Waals surface area contributed by atoms with Gasteiger partial charge in [0, 0.05) is 16.0 Å². The van der Waals surface area contributed by atoms with Crippen molar-refractivity contribution in [1.82, 2.24) is 5.32 Å². The van der Waals surface area contributed by atoms with Crippen LogP contribution in [0.25, 0.3) is 0 Å². The molecular formula is C14H24BrNOS. The SMILES string of the molecule is CCNC(c1sccc1Br)C(CC)(CC)OCC. The van der Waals surface area contributed by atoms with E-state index in [0.29, 0.717) is 0 Å². The highest BCUT2D eigenvalue weighted by Gasteiger charge is 2.38. The quantitative estimate of drug-likeness (QED) is 0.740. The van der Waals surface area contributed by atoms with E-state index in [9.17, 15) is 0 Å². The number of hydrogen-bond acceptors (Lipinski definition) is 3. The highest BCUT2D eigenvalue weighted by Crippen LogP contribution is 2.40. The summed E-state index contributed by atoms with van der Waals surface area (Å²) in [6.45, 7) is 10.4. The third-order valence-corrected chi connectivity index (χ3v) is 5.41. The summed E-state index contributed by atoms with van der Waals surface area (Å²) >= 11 is 5.45. The van der Waals surface area contributed by atoms with E-state index in [-0.39, 0.29) is 11.6 Å². The fraction of sp³-hybridized carbons (Fsp3) is 0.714. The smallest absolute Gasteiger partial charge is 0.0879 e. The molecule has 0 radical (unpaired) electrons. The monoisotopic (exact) mass is 333 g/mol. The van der Waals surface area contributed by atoms with E-state index in [1.165, 1.54) is 9.35 Å². The molecular weight excluding hydrogens is 310 g/mol. The summed E-state index contributed by atoms with van der Waals surface area (Å²) in [5.41, 5.74) is -0.113. The van der Waals surface area contributed by atoms with Crippen LogP contribution in [0.4, 0.5) is 0 Å². The second kappa shape index (κ2) is 7.63. The average molecular weight is 334 g/mol. The van der Waals surface area contributed by atoms with Gasteiger partial charge in [0.15, 0.2) is 0 Å². The molecule has 0 saturated carbocycles. The predicted octanol–water partition coefficient (Wildman–Crippen LogP) is 4.76. The Hall–Kier alpha value is 0.1000. The first-order valence-corrected chi connectivity index (χ1v) is 8.42. The molecule has 18 heavy (non-hydrogen) atoms. The van der Waals surface area contributed by atoms with E-state index < -0.39 is 0 Å². The highest BCUT2D eigenvalue weighted by molar-refractivity contribution is 9.10. The number of ether oxygens (including phenoxy) is 1. The summed E-state index contributed by atoms with van der Waals surface area (Å²) in [5, 5.41) is 5.74. The van der Waals surface area contributed by atoms with Crippen molar-refractivity contribution < 1.29 is 4.74 Å². The van der Waals surface area contributed by atoms with Crippen LogP contribution in [0.3, 0.4) is 0 Å². The molecule has 1 unspecified atom stereocenters. The van der Waals surface area contributed by atoms with Crippen LogP contribution in [0.5, 0.6) is 0 Å². The number of rotatable bonds is 8. The Morgan fingerprint density at radius 1 is 1.33 bits per heavy atom. The summed E-state index contributed by atoms with van der Waals surface area (Å²) < 4.78 is 7.33. The lowest BCUT2D eigenvalue weighted by atomic mass is 9.87. The van der Waals surface area contributed by atoms with Crippen molar-refractivity contribution in [2.24, 2.45) is 0 Å². The third kappa shape index (κ3) is 3.35. The Morgan fingerprint density at radius 2 is 2.00 bits per heavy atom. The molecule has 0 aliphatic carbocycles. The second-order valence-corrected chi connectivity index (χ2v) is 6.13. The topological polar surface area (TPSA) is 21.3 Å². The molecule has 1 heterocycles. The van der Waals surface area contributed by atoms with Gasteiger partial charge in [0.05, 0.1) is 11.6 Å². The summed E-state index contributed by atoms with van der Waals surface area (Å²) in [5.74, 6) is 0. The van der Waals surface area contributed by atoms with Crippen molar-refractivity contribution in [1.29, 1.82) is 0 Å². The van der Waals surface area contributed by atoms with Gasteiger partial charge in [0.1, 0.15) is 0 Å². The number of thiophene rings is 1. The minimum atomic E-state index is -0.113. The van der Waals surface area contributed by atoms with Gasteiger partial charge >= 0.3 is 0 Å². The molecule has 2 nitrogen and oxygen atoms in total. The molecule has 4 heteroatoms. The van der Waals surface area contributed by atoms with Crippen molar-refractivity contribution >= 4 is 27.3 Å². The Bertz CT molecular complexity index is 349. The third-order valence-electron chi connectivity index (χ3n) is 3.47. The van der Waals surface area contributed by atoms with Crippen LogP contribution in [0, 0.1) is 0 Å². The molecule has 1 aromatic heterocycles. The molecule has 0 bridgehead atoms. The van der Waals surface area contributed by atoms with Crippen LogP contribution in [0.2, 0.25) is 0 Å². The normalized spacial score (nSPS) is 13.8. The molecule has 1 aromatic rings. The minimum absolute atomic E-state index is 0.113. The minimum Gasteiger partial charge on any atom is -0.373 e. The average Bonchev–Trinajstić information content (AvgIpc) is 2.80. The molecule has 1 atom stereocenters. The summed E-state index contributed by atoms with van der Waals surface area (Å²) in [6.07, 6.45) is 2.03. The summed E-state index contributed by atoms with van der Waals surface area (Å²) in [6, 6.07) is 2.37. The van der Waals surface area contributed by atoms with Crippen LogP contribution < -0.4 is 5.32 Å². The van der Waals surface area contributed by atoms with Crippen molar-refractivity contribution in [2.75, 3.05) is 13.2 Å². The lowest BCUT2D eigenvalue weighted by Gasteiger charge is -2.39. The lowest BCUT2D eigenvalue weighted by molar-refractivity contribution is -0.0723. The van der Waals surface area contributed by atoms with Gasteiger partial charge in [-0.2, -0.15) is 0 Å². The van der Waals surface area contributed by atoms with Crippen LogP contribution >= 0.6 is 27.3 Å². The van der Waals surface area contributed by atoms with E-state index in [1.54, 1.807) is 11.3 Å². The van der Waals surface area contributed by atoms with Crippen LogP contribution in [0.15, 0.2) is 15.9 Å².